The van der Waals surface area contributed by atoms with Gasteiger partial charge in [0.15, 0.2) is 0 Å². The van der Waals surface area contributed by atoms with Crippen LogP contribution in [0.3, 0.4) is 0 Å². The van der Waals surface area contributed by atoms with E-state index in [0.717, 1.165) is 26.0 Å². The van der Waals surface area contributed by atoms with E-state index in [1.165, 1.54) is 0 Å². The van der Waals surface area contributed by atoms with E-state index < -0.39 is 7.29 Å². The van der Waals surface area contributed by atoms with Crippen molar-refractivity contribution in [3.05, 3.63) is 95.6 Å². The van der Waals surface area contributed by atoms with Crippen molar-refractivity contribution in [3.8, 4) is 0 Å². The van der Waals surface area contributed by atoms with Crippen molar-refractivity contribution in [1.82, 2.24) is 4.34 Å². The Morgan fingerprint density at radius 2 is 1.29 bits per heavy atom. The summed E-state index contributed by atoms with van der Waals surface area (Å²) in [5, 5.41) is 2.71. The summed E-state index contributed by atoms with van der Waals surface area (Å²) in [4.78, 5) is 0. The molecule has 0 atom stereocenters. The molecule has 4 aromatic rings. The molecule has 0 radical (unpaired) electrons. The Bertz CT molecular complexity index is 998. The van der Waals surface area contributed by atoms with E-state index in [9.17, 15) is 4.57 Å². The van der Waals surface area contributed by atoms with Crippen molar-refractivity contribution in [1.29, 1.82) is 0 Å². The van der Waals surface area contributed by atoms with Crippen molar-refractivity contribution < 1.29 is 4.57 Å². The topological polar surface area (TPSA) is 22.0 Å². The van der Waals surface area contributed by atoms with E-state index in [2.05, 4.69) is 15.9 Å². The van der Waals surface area contributed by atoms with Gasteiger partial charge in [0.25, 0.3) is 0 Å². The number of halogens is 1. The molecule has 0 saturated heterocycles. The highest BCUT2D eigenvalue weighted by Crippen LogP contribution is 2.48. The van der Waals surface area contributed by atoms with E-state index in [0.29, 0.717) is 0 Å². The summed E-state index contributed by atoms with van der Waals surface area (Å²) < 4.78 is 17.3. The first-order valence-electron chi connectivity index (χ1n) is 7.69. The minimum atomic E-state index is -3.00. The molecule has 0 aliphatic heterocycles. The average molecular weight is 396 g/mol. The molecule has 3 aromatic carbocycles. The number of fused-ring (bicyclic) bond motifs is 1. The molecule has 24 heavy (non-hydrogen) atoms. The average Bonchev–Trinajstić information content (AvgIpc) is 3.08. The van der Waals surface area contributed by atoms with Gasteiger partial charge >= 0.3 is 0 Å². The first-order valence-corrected chi connectivity index (χ1v) is 10.1. The molecule has 0 saturated carbocycles. The van der Waals surface area contributed by atoms with Gasteiger partial charge in [-0.1, -0.05) is 58.4 Å². The molecule has 0 aliphatic carbocycles. The molecule has 0 unspecified atom stereocenters. The summed E-state index contributed by atoms with van der Waals surface area (Å²) in [7, 11) is -3.00. The molecule has 0 spiro atoms. The van der Waals surface area contributed by atoms with Gasteiger partial charge < -0.3 is 0 Å². The summed E-state index contributed by atoms with van der Waals surface area (Å²) in [5.74, 6) is 0. The number of aromatic nitrogens is 1. The van der Waals surface area contributed by atoms with Crippen LogP contribution < -0.4 is 10.6 Å². The molecule has 2 nitrogen and oxygen atoms in total. The molecule has 4 heteroatoms. The van der Waals surface area contributed by atoms with E-state index in [1.54, 1.807) is 0 Å². The highest BCUT2D eigenvalue weighted by molar-refractivity contribution is 9.10. The summed E-state index contributed by atoms with van der Waals surface area (Å²) >= 11 is 3.59. The maximum Gasteiger partial charge on any atom is 0.233 e. The lowest BCUT2D eigenvalue weighted by Gasteiger charge is -2.22. The maximum atomic E-state index is 14.4. The molecular weight excluding hydrogens is 381 g/mol. The highest BCUT2D eigenvalue weighted by Gasteiger charge is 2.30. The number of benzene rings is 3. The van der Waals surface area contributed by atoms with Crippen molar-refractivity contribution in [2.45, 2.75) is 0 Å². The molecule has 0 amide bonds. The van der Waals surface area contributed by atoms with Crippen LogP contribution in [0.2, 0.25) is 0 Å². The van der Waals surface area contributed by atoms with Crippen molar-refractivity contribution in [3.63, 3.8) is 0 Å². The lowest BCUT2D eigenvalue weighted by atomic mass is 10.3. The fraction of sp³-hybridized carbons (Fsp3) is 0. The summed E-state index contributed by atoms with van der Waals surface area (Å²) in [6, 6.07) is 27.4. The van der Waals surface area contributed by atoms with Gasteiger partial charge in [0.05, 0.1) is 5.52 Å². The second kappa shape index (κ2) is 6.08. The number of hydrogen-bond donors (Lipinski definition) is 0. The predicted molar refractivity (Wildman–Crippen MR) is 105 cm³/mol. The van der Waals surface area contributed by atoms with E-state index >= 15 is 0 Å². The first-order chi connectivity index (χ1) is 11.7. The largest absolute Gasteiger partial charge is 0.291 e. The number of rotatable bonds is 3. The van der Waals surface area contributed by atoms with Gasteiger partial charge in [0, 0.05) is 26.7 Å². The van der Waals surface area contributed by atoms with Gasteiger partial charge in [-0.2, -0.15) is 0 Å². The second-order valence-electron chi connectivity index (χ2n) is 5.58. The third-order valence-corrected chi connectivity index (χ3v) is 7.82. The standard InChI is InChI=1S/C20H15BrNOP/c21-19-12-7-13-20-18(19)14-15-22(20)24(23,16-8-3-1-4-9-16)17-10-5-2-6-11-17/h1-15H. The Morgan fingerprint density at radius 3 is 1.88 bits per heavy atom. The summed E-state index contributed by atoms with van der Waals surface area (Å²) in [6.07, 6.45) is 1.93. The first kappa shape index (κ1) is 15.4. The van der Waals surface area contributed by atoms with Crippen LogP contribution in [0.4, 0.5) is 0 Å². The van der Waals surface area contributed by atoms with Gasteiger partial charge in [0.2, 0.25) is 7.29 Å². The molecule has 1 aromatic heterocycles. The van der Waals surface area contributed by atoms with Crippen LogP contribution in [-0.4, -0.2) is 4.34 Å². The maximum absolute atomic E-state index is 14.4. The van der Waals surface area contributed by atoms with Crippen LogP contribution in [0.25, 0.3) is 10.9 Å². The van der Waals surface area contributed by atoms with Crippen LogP contribution in [0, 0.1) is 0 Å². The zero-order valence-corrected chi connectivity index (χ0v) is 15.3. The van der Waals surface area contributed by atoms with Crippen molar-refractivity contribution in [2.24, 2.45) is 0 Å². The zero-order valence-electron chi connectivity index (χ0n) is 12.8. The number of nitrogens with zero attached hydrogens (tertiary/aromatic N) is 1. The van der Waals surface area contributed by atoms with Gasteiger partial charge in [-0.3, -0.25) is 8.90 Å². The molecule has 0 N–H and O–H groups in total. The SMILES string of the molecule is O=P(c1ccccc1)(c1ccccc1)n1ccc2c(Br)cccc21. The van der Waals surface area contributed by atoms with Gasteiger partial charge in [0.1, 0.15) is 0 Å². The highest BCUT2D eigenvalue weighted by atomic mass is 79.9. The fourth-order valence-electron chi connectivity index (χ4n) is 3.02. The molecule has 118 valence electrons. The van der Waals surface area contributed by atoms with Gasteiger partial charge in [-0.25, -0.2) is 0 Å². The molecule has 0 aliphatic rings. The Labute approximate surface area is 149 Å². The van der Waals surface area contributed by atoms with Crippen LogP contribution >= 0.6 is 23.2 Å². The fourth-order valence-corrected chi connectivity index (χ4v) is 6.19. The van der Waals surface area contributed by atoms with Crippen LogP contribution in [-0.2, 0) is 4.57 Å². The molecular formula is C20H15BrNOP. The third kappa shape index (κ3) is 2.36. The molecule has 0 bridgehead atoms. The minimum Gasteiger partial charge on any atom is -0.291 e. The lowest BCUT2D eigenvalue weighted by Crippen LogP contribution is -2.20. The molecule has 0 fully saturated rings. The predicted octanol–water partition coefficient (Wildman–Crippen LogP) is 5.18. The quantitative estimate of drug-likeness (QED) is 0.438. The van der Waals surface area contributed by atoms with Crippen molar-refractivity contribution >= 4 is 44.7 Å². The molecule has 4 rings (SSSR count). The monoisotopic (exact) mass is 395 g/mol. The van der Waals surface area contributed by atoms with Crippen LogP contribution in [0.5, 0.6) is 0 Å². The Hall–Kier alpha value is -2.09. The number of hydrogen-bond acceptors (Lipinski definition) is 1. The van der Waals surface area contributed by atoms with E-state index in [4.69, 9.17) is 0 Å². The lowest BCUT2D eigenvalue weighted by molar-refractivity contribution is 0.582. The van der Waals surface area contributed by atoms with E-state index in [1.807, 2.05) is 95.5 Å². The Balaban J connectivity index is 2.07. The second-order valence-corrected chi connectivity index (χ2v) is 9.05. The van der Waals surface area contributed by atoms with Gasteiger partial charge in [-0.05, 0) is 42.5 Å². The zero-order chi connectivity index (χ0) is 16.6. The van der Waals surface area contributed by atoms with Gasteiger partial charge in [-0.15, -0.1) is 0 Å². The summed E-state index contributed by atoms with van der Waals surface area (Å²) in [6.45, 7) is 0. The summed E-state index contributed by atoms with van der Waals surface area (Å²) in [5.41, 5.74) is 0.959. The van der Waals surface area contributed by atoms with E-state index in [-0.39, 0.29) is 0 Å². The molecule has 1 heterocycles. The smallest absolute Gasteiger partial charge is 0.233 e. The third-order valence-electron chi connectivity index (χ3n) is 4.17. The Morgan fingerprint density at radius 1 is 0.708 bits per heavy atom. The normalized spacial score (nSPS) is 11.7. The van der Waals surface area contributed by atoms with Crippen molar-refractivity contribution in [2.75, 3.05) is 0 Å². The van der Waals surface area contributed by atoms with Crippen LogP contribution in [0.15, 0.2) is 95.6 Å². The Kier molecular flexibility index (Phi) is 3.91. The minimum absolute atomic E-state index is 0.827. The van der Waals surface area contributed by atoms with Crippen LogP contribution in [0.1, 0.15) is 0 Å².